The maximum absolute atomic E-state index is 12.9. The zero-order valence-electron chi connectivity index (χ0n) is 20.6. The maximum Gasteiger partial charge on any atom is 0.393 e. The summed E-state index contributed by atoms with van der Waals surface area (Å²) in [5.41, 5.74) is 1.66. The number of halogens is 3. The summed E-state index contributed by atoms with van der Waals surface area (Å²) < 4.78 is 38.7. The Morgan fingerprint density at radius 3 is 2.71 bits per heavy atom. The van der Waals surface area contributed by atoms with E-state index < -0.39 is 12.6 Å². The predicted octanol–water partition coefficient (Wildman–Crippen LogP) is 3.84. The number of rotatable bonds is 5. The maximum atomic E-state index is 12.9. The van der Waals surface area contributed by atoms with Crippen LogP contribution in [0.4, 0.5) is 24.7 Å². The van der Waals surface area contributed by atoms with Crippen LogP contribution in [0.15, 0.2) is 36.7 Å². The van der Waals surface area contributed by atoms with Crippen molar-refractivity contribution in [3.05, 3.63) is 47.1 Å². The van der Waals surface area contributed by atoms with E-state index >= 15 is 0 Å². The second-order valence-electron chi connectivity index (χ2n) is 10.5. The number of anilines is 2. The Kier molecular flexibility index (Phi) is 6.16. The fourth-order valence-electron chi connectivity index (χ4n) is 5.91. The number of amides is 2. The SMILES string of the molecule is O=C1CN(C(=O)c2ccc(NC3CC4(CCN(c5ncnc6sc(CC(F)(F)F)cc56)C4)C3)cc2)CCN1. The van der Waals surface area contributed by atoms with Gasteiger partial charge in [-0.3, -0.25) is 9.59 Å². The number of fused-ring (bicyclic) bond motifs is 1. The average molecular weight is 545 g/mol. The van der Waals surface area contributed by atoms with Crippen molar-refractivity contribution in [3.63, 3.8) is 0 Å². The molecule has 2 amide bonds. The van der Waals surface area contributed by atoms with E-state index in [0.717, 1.165) is 55.2 Å². The second-order valence-corrected chi connectivity index (χ2v) is 11.6. The normalized spacial score (nSPS) is 23.6. The molecule has 0 atom stereocenters. The van der Waals surface area contributed by atoms with Crippen LogP contribution in [0.25, 0.3) is 10.2 Å². The molecule has 2 N–H and O–H groups in total. The van der Waals surface area contributed by atoms with E-state index in [1.807, 2.05) is 12.1 Å². The highest BCUT2D eigenvalue weighted by atomic mass is 32.1. The van der Waals surface area contributed by atoms with Crippen molar-refractivity contribution in [2.45, 2.75) is 37.9 Å². The molecule has 6 rings (SSSR count). The fourth-order valence-corrected chi connectivity index (χ4v) is 6.93. The summed E-state index contributed by atoms with van der Waals surface area (Å²) in [5.74, 6) is 0.437. The van der Waals surface area contributed by atoms with E-state index in [2.05, 4.69) is 25.5 Å². The minimum absolute atomic E-state index is 0.0850. The van der Waals surface area contributed by atoms with Gasteiger partial charge in [-0.2, -0.15) is 13.2 Å². The van der Waals surface area contributed by atoms with E-state index in [-0.39, 0.29) is 28.7 Å². The van der Waals surface area contributed by atoms with Gasteiger partial charge < -0.3 is 20.4 Å². The van der Waals surface area contributed by atoms with E-state index in [0.29, 0.717) is 34.9 Å². The fraction of sp³-hybridized carbons (Fsp3) is 0.462. The van der Waals surface area contributed by atoms with Crippen molar-refractivity contribution < 1.29 is 22.8 Å². The summed E-state index contributed by atoms with van der Waals surface area (Å²) in [4.78, 5) is 37.5. The van der Waals surface area contributed by atoms with Gasteiger partial charge in [-0.1, -0.05) is 0 Å². The Balaban J connectivity index is 1.05. The average Bonchev–Trinajstić information content (AvgIpc) is 3.47. The number of nitrogens with one attached hydrogen (secondary N) is 2. The standard InChI is InChI=1S/C26H27F3N6O2S/c27-26(28,29)12-19-9-20-22(31-15-32-23(20)38-19)35-7-5-25(14-35)10-18(11-25)33-17-3-1-16(2-4-17)24(37)34-8-6-30-21(36)13-34/h1-4,9,15,18,33H,5-8,10-14H2,(H,30,36). The van der Waals surface area contributed by atoms with Crippen LogP contribution in [0.5, 0.6) is 0 Å². The van der Waals surface area contributed by atoms with E-state index in [1.54, 1.807) is 23.1 Å². The number of alkyl halides is 3. The molecule has 200 valence electrons. The Morgan fingerprint density at radius 1 is 1.18 bits per heavy atom. The quantitative estimate of drug-likeness (QED) is 0.508. The number of nitrogens with zero attached hydrogens (tertiary/aromatic N) is 4. The molecule has 1 spiro atoms. The Hall–Kier alpha value is -3.41. The van der Waals surface area contributed by atoms with Crippen LogP contribution in [0.3, 0.4) is 0 Å². The smallest absolute Gasteiger partial charge is 0.382 e. The number of thiophene rings is 1. The van der Waals surface area contributed by atoms with Crippen molar-refractivity contribution >= 4 is 44.9 Å². The van der Waals surface area contributed by atoms with Crippen molar-refractivity contribution in [3.8, 4) is 0 Å². The first-order valence-electron chi connectivity index (χ1n) is 12.6. The zero-order valence-corrected chi connectivity index (χ0v) is 21.4. The molecule has 8 nitrogen and oxygen atoms in total. The summed E-state index contributed by atoms with van der Waals surface area (Å²) >= 11 is 1.08. The molecule has 0 unspecified atom stereocenters. The topological polar surface area (TPSA) is 90.5 Å². The van der Waals surface area contributed by atoms with Crippen LogP contribution in [0.2, 0.25) is 0 Å². The van der Waals surface area contributed by atoms with Gasteiger partial charge >= 0.3 is 6.18 Å². The number of hydrogen-bond acceptors (Lipinski definition) is 7. The van der Waals surface area contributed by atoms with Gasteiger partial charge in [-0.05, 0) is 55.0 Å². The highest BCUT2D eigenvalue weighted by molar-refractivity contribution is 7.18. The first-order valence-corrected chi connectivity index (χ1v) is 13.5. The minimum Gasteiger partial charge on any atom is -0.382 e. The molecular formula is C26H27F3N6O2S. The Morgan fingerprint density at radius 2 is 1.97 bits per heavy atom. The van der Waals surface area contributed by atoms with Gasteiger partial charge in [-0.25, -0.2) is 9.97 Å². The molecule has 0 radical (unpaired) electrons. The minimum atomic E-state index is -4.25. The van der Waals surface area contributed by atoms with Gasteiger partial charge in [-0.15, -0.1) is 11.3 Å². The van der Waals surface area contributed by atoms with Crippen LogP contribution in [-0.4, -0.2) is 71.6 Å². The number of piperazine rings is 1. The van der Waals surface area contributed by atoms with Gasteiger partial charge in [0.05, 0.1) is 18.4 Å². The van der Waals surface area contributed by atoms with Gasteiger partial charge in [0.1, 0.15) is 17.0 Å². The van der Waals surface area contributed by atoms with E-state index in [1.165, 1.54) is 6.33 Å². The van der Waals surface area contributed by atoms with Gasteiger partial charge in [0.2, 0.25) is 5.91 Å². The van der Waals surface area contributed by atoms with Crippen LogP contribution < -0.4 is 15.5 Å². The summed E-state index contributed by atoms with van der Waals surface area (Å²) in [6.45, 7) is 2.70. The van der Waals surface area contributed by atoms with Gasteiger partial charge in [0.25, 0.3) is 5.91 Å². The molecule has 3 aliphatic rings. The molecule has 3 fully saturated rings. The molecule has 1 aromatic carbocycles. The molecule has 1 saturated carbocycles. The van der Waals surface area contributed by atoms with Crippen LogP contribution in [-0.2, 0) is 11.2 Å². The summed E-state index contributed by atoms with van der Waals surface area (Å²) in [7, 11) is 0. The van der Waals surface area contributed by atoms with Crippen LogP contribution in [0.1, 0.15) is 34.5 Å². The number of benzene rings is 1. The van der Waals surface area contributed by atoms with Gasteiger partial charge in [0, 0.05) is 48.3 Å². The van der Waals surface area contributed by atoms with Crippen molar-refractivity contribution in [1.82, 2.24) is 20.2 Å². The second kappa shape index (κ2) is 9.40. The van der Waals surface area contributed by atoms with Crippen LogP contribution >= 0.6 is 11.3 Å². The van der Waals surface area contributed by atoms with Crippen molar-refractivity contribution in [1.29, 1.82) is 0 Å². The third-order valence-electron chi connectivity index (χ3n) is 7.66. The molecule has 38 heavy (non-hydrogen) atoms. The monoisotopic (exact) mass is 544 g/mol. The molecule has 2 aliphatic heterocycles. The number of aromatic nitrogens is 2. The first-order chi connectivity index (χ1) is 18.2. The zero-order chi connectivity index (χ0) is 26.5. The summed E-state index contributed by atoms with van der Waals surface area (Å²) in [6, 6.07) is 9.28. The first kappa shape index (κ1) is 24.9. The molecular weight excluding hydrogens is 517 g/mol. The molecule has 3 aromatic rings. The Labute approximate surface area is 221 Å². The van der Waals surface area contributed by atoms with Gasteiger partial charge in [0.15, 0.2) is 0 Å². The van der Waals surface area contributed by atoms with Crippen molar-refractivity contribution in [2.75, 3.05) is 42.9 Å². The number of hydrogen-bond donors (Lipinski definition) is 2. The lowest BCUT2D eigenvalue weighted by atomic mass is 9.65. The van der Waals surface area contributed by atoms with E-state index in [4.69, 9.17) is 0 Å². The van der Waals surface area contributed by atoms with Crippen LogP contribution in [0, 0.1) is 5.41 Å². The number of carbonyl (C=O) groups is 2. The lowest BCUT2D eigenvalue weighted by Crippen LogP contribution is -2.49. The molecule has 1 aliphatic carbocycles. The highest BCUT2D eigenvalue weighted by Crippen LogP contribution is 2.50. The number of carbonyl (C=O) groups excluding carboxylic acids is 2. The van der Waals surface area contributed by atoms with Crippen molar-refractivity contribution in [2.24, 2.45) is 5.41 Å². The molecule has 4 heterocycles. The largest absolute Gasteiger partial charge is 0.393 e. The highest BCUT2D eigenvalue weighted by Gasteiger charge is 2.49. The lowest BCUT2D eigenvalue weighted by molar-refractivity contribution is -0.126. The third kappa shape index (κ3) is 5.01. The lowest BCUT2D eigenvalue weighted by Gasteiger charge is -2.46. The predicted molar refractivity (Wildman–Crippen MR) is 138 cm³/mol. The van der Waals surface area contributed by atoms with E-state index in [9.17, 15) is 22.8 Å². The molecule has 2 aromatic heterocycles. The summed E-state index contributed by atoms with van der Waals surface area (Å²) in [6.07, 6.45) is -0.769. The summed E-state index contributed by atoms with van der Waals surface area (Å²) in [5, 5.41) is 6.97. The Bertz CT molecular complexity index is 1370. The third-order valence-corrected chi connectivity index (χ3v) is 8.70. The molecule has 2 saturated heterocycles. The molecule has 0 bridgehead atoms. The molecule has 12 heteroatoms.